The average Bonchev–Trinajstić information content (AvgIpc) is 2.69. The maximum Gasteiger partial charge on any atom is 0.321 e. The molecule has 0 unspecified atom stereocenters. The van der Waals surface area contributed by atoms with E-state index in [-0.39, 0.29) is 18.1 Å². The summed E-state index contributed by atoms with van der Waals surface area (Å²) in [4.78, 5) is 10.7. The first-order valence-electron chi connectivity index (χ1n) is 4.13. The Morgan fingerprint density at radius 1 is 1.47 bits per heavy atom. The van der Waals surface area contributed by atoms with E-state index in [1.165, 1.54) is 12.1 Å². The molecule has 0 amide bonds. The third-order valence-electron chi connectivity index (χ3n) is 1.56. The van der Waals surface area contributed by atoms with E-state index in [0.29, 0.717) is 11.7 Å². The fourth-order valence-electron chi connectivity index (χ4n) is 0.910. The summed E-state index contributed by atoms with van der Waals surface area (Å²) in [5.74, 6) is 0.726. The maximum atomic E-state index is 10.7. The molecular formula is C7H8N6O2. The minimum atomic E-state index is -0.284. The maximum absolute atomic E-state index is 10.7. The Kier molecular flexibility index (Phi) is 2.42. The second-order valence-corrected chi connectivity index (χ2v) is 2.64. The van der Waals surface area contributed by atoms with E-state index in [1.54, 1.807) is 0 Å². The van der Waals surface area contributed by atoms with Crippen LogP contribution >= 0.6 is 0 Å². The zero-order chi connectivity index (χ0) is 10.7. The highest BCUT2D eigenvalue weighted by atomic mass is 16.4. The van der Waals surface area contributed by atoms with Crippen molar-refractivity contribution < 1.29 is 4.42 Å². The molecule has 8 heteroatoms. The number of nitrogens with two attached hydrogens (primary N) is 1. The molecule has 0 aliphatic heterocycles. The molecule has 2 rings (SSSR count). The highest BCUT2D eigenvalue weighted by Crippen LogP contribution is 2.10. The SMILES string of the molecule is NCc1nnc(Nc2ccc(=O)[nH]n2)o1. The number of H-pyrrole nitrogens is 1. The van der Waals surface area contributed by atoms with Crippen molar-refractivity contribution in [2.24, 2.45) is 5.73 Å². The van der Waals surface area contributed by atoms with Crippen LogP contribution in [0.3, 0.4) is 0 Å². The summed E-state index contributed by atoms with van der Waals surface area (Å²) >= 11 is 0. The van der Waals surface area contributed by atoms with Crippen molar-refractivity contribution in [1.29, 1.82) is 0 Å². The fraction of sp³-hybridized carbons (Fsp3) is 0.143. The van der Waals surface area contributed by atoms with Crippen molar-refractivity contribution in [3.63, 3.8) is 0 Å². The van der Waals surface area contributed by atoms with Gasteiger partial charge in [0.05, 0.1) is 6.54 Å². The number of nitrogens with zero attached hydrogens (tertiary/aromatic N) is 3. The van der Waals surface area contributed by atoms with Crippen molar-refractivity contribution in [3.05, 3.63) is 28.4 Å². The fourth-order valence-corrected chi connectivity index (χ4v) is 0.910. The topological polar surface area (TPSA) is 123 Å². The van der Waals surface area contributed by atoms with Gasteiger partial charge in [0.15, 0.2) is 5.82 Å². The predicted molar refractivity (Wildman–Crippen MR) is 50.3 cm³/mol. The molecule has 4 N–H and O–H groups in total. The first-order chi connectivity index (χ1) is 7.28. The number of rotatable bonds is 3. The second-order valence-electron chi connectivity index (χ2n) is 2.64. The van der Waals surface area contributed by atoms with Crippen LogP contribution < -0.4 is 16.6 Å². The Balaban J connectivity index is 2.14. The zero-order valence-corrected chi connectivity index (χ0v) is 7.60. The number of nitrogens with one attached hydrogen (secondary N) is 2. The van der Waals surface area contributed by atoms with Crippen LogP contribution in [-0.2, 0) is 6.54 Å². The van der Waals surface area contributed by atoms with Gasteiger partial charge < -0.3 is 10.2 Å². The molecular weight excluding hydrogens is 200 g/mol. The van der Waals surface area contributed by atoms with Gasteiger partial charge >= 0.3 is 6.01 Å². The molecule has 0 aromatic carbocycles. The Morgan fingerprint density at radius 3 is 2.93 bits per heavy atom. The molecule has 0 radical (unpaired) electrons. The Morgan fingerprint density at radius 2 is 2.33 bits per heavy atom. The van der Waals surface area contributed by atoms with Gasteiger partial charge in [-0.2, -0.15) is 5.10 Å². The molecule has 0 saturated heterocycles. The van der Waals surface area contributed by atoms with Gasteiger partial charge in [0.25, 0.3) is 5.56 Å². The van der Waals surface area contributed by atoms with Gasteiger partial charge in [-0.25, -0.2) is 5.10 Å². The van der Waals surface area contributed by atoms with Crippen LogP contribution in [0.5, 0.6) is 0 Å². The Bertz CT molecular complexity index is 484. The summed E-state index contributed by atoms with van der Waals surface area (Å²) in [5, 5.41) is 16.0. The minimum Gasteiger partial charge on any atom is -0.406 e. The summed E-state index contributed by atoms with van der Waals surface area (Å²) in [6.45, 7) is 0.174. The summed E-state index contributed by atoms with van der Waals surface area (Å²) in [6.07, 6.45) is 0. The highest BCUT2D eigenvalue weighted by molar-refractivity contribution is 5.43. The zero-order valence-electron chi connectivity index (χ0n) is 7.60. The van der Waals surface area contributed by atoms with E-state index in [4.69, 9.17) is 10.2 Å². The van der Waals surface area contributed by atoms with Gasteiger partial charge in [-0.3, -0.25) is 10.1 Å². The van der Waals surface area contributed by atoms with Gasteiger partial charge in [0, 0.05) is 6.07 Å². The van der Waals surface area contributed by atoms with E-state index in [2.05, 4.69) is 25.7 Å². The number of aromatic nitrogens is 4. The molecule has 0 atom stereocenters. The Hall–Kier alpha value is -2.22. The molecule has 15 heavy (non-hydrogen) atoms. The van der Waals surface area contributed by atoms with Crippen LogP contribution in [0.1, 0.15) is 5.89 Å². The molecule has 0 fully saturated rings. The lowest BCUT2D eigenvalue weighted by atomic mass is 10.5. The van der Waals surface area contributed by atoms with E-state index in [0.717, 1.165) is 0 Å². The summed E-state index contributed by atoms with van der Waals surface area (Å²) in [7, 11) is 0. The van der Waals surface area contributed by atoms with Crippen molar-refractivity contribution in [1.82, 2.24) is 20.4 Å². The average molecular weight is 208 g/mol. The highest BCUT2D eigenvalue weighted by Gasteiger charge is 2.04. The number of hydrogen-bond donors (Lipinski definition) is 3. The van der Waals surface area contributed by atoms with Crippen LogP contribution in [0.25, 0.3) is 0 Å². The van der Waals surface area contributed by atoms with Crippen molar-refractivity contribution in [2.75, 3.05) is 5.32 Å². The molecule has 0 aliphatic rings. The van der Waals surface area contributed by atoms with E-state index in [1.807, 2.05) is 0 Å². The molecule has 78 valence electrons. The monoisotopic (exact) mass is 208 g/mol. The lowest BCUT2D eigenvalue weighted by molar-refractivity contribution is 0.511. The number of anilines is 2. The third-order valence-corrected chi connectivity index (χ3v) is 1.56. The van der Waals surface area contributed by atoms with Crippen LogP contribution in [0.2, 0.25) is 0 Å². The Labute approximate surface area is 83.5 Å². The van der Waals surface area contributed by atoms with Crippen molar-refractivity contribution in [3.8, 4) is 0 Å². The van der Waals surface area contributed by atoms with E-state index < -0.39 is 0 Å². The third kappa shape index (κ3) is 2.17. The standard InChI is InChI=1S/C7H8N6O2/c8-3-6-12-13-7(15-6)9-4-1-2-5(14)11-10-4/h1-2H,3,8H2,(H,11,14)(H,9,10,13). The van der Waals surface area contributed by atoms with Gasteiger partial charge in [-0.1, -0.05) is 5.10 Å². The first-order valence-corrected chi connectivity index (χ1v) is 4.13. The molecule has 2 aromatic rings. The molecule has 0 spiro atoms. The summed E-state index contributed by atoms with van der Waals surface area (Å²) < 4.78 is 5.08. The summed E-state index contributed by atoms with van der Waals surface area (Å²) in [5.41, 5.74) is 5.01. The first kappa shape index (κ1) is 9.34. The number of aromatic amines is 1. The molecule has 2 aromatic heterocycles. The lowest BCUT2D eigenvalue weighted by Crippen LogP contribution is -2.07. The molecule has 0 saturated carbocycles. The van der Waals surface area contributed by atoms with Crippen LogP contribution in [0.15, 0.2) is 21.3 Å². The van der Waals surface area contributed by atoms with Gasteiger partial charge in [-0.05, 0) is 6.07 Å². The second kappa shape index (κ2) is 3.88. The minimum absolute atomic E-state index is 0.174. The smallest absolute Gasteiger partial charge is 0.321 e. The van der Waals surface area contributed by atoms with Gasteiger partial charge in [0.2, 0.25) is 5.89 Å². The van der Waals surface area contributed by atoms with Crippen LogP contribution in [-0.4, -0.2) is 20.4 Å². The molecule has 0 aliphatic carbocycles. The number of hydrogen-bond acceptors (Lipinski definition) is 7. The van der Waals surface area contributed by atoms with E-state index >= 15 is 0 Å². The van der Waals surface area contributed by atoms with Crippen LogP contribution in [0.4, 0.5) is 11.8 Å². The predicted octanol–water partition coefficient (Wildman–Crippen LogP) is -0.645. The van der Waals surface area contributed by atoms with Gasteiger partial charge in [0.1, 0.15) is 0 Å². The van der Waals surface area contributed by atoms with Crippen LogP contribution in [0, 0.1) is 0 Å². The lowest BCUT2D eigenvalue weighted by Gasteiger charge is -1.96. The van der Waals surface area contributed by atoms with E-state index in [9.17, 15) is 4.79 Å². The summed E-state index contributed by atoms with van der Waals surface area (Å²) in [6, 6.07) is 3.00. The molecule has 2 heterocycles. The van der Waals surface area contributed by atoms with Gasteiger partial charge in [-0.15, -0.1) is 5.10 Å². The molecule has 8 nitrogen and oxygen atoms in total. The van der Waals surface area contributed by atoms with Crippen molar-refractivity contribution in [2.45, 2.75) is 6.54 Å². The quantitative estimate of drug-likeness (QED) is 0.612. The normalized spacial score (nSPS) is 10.2. The largest absolute Gasteiger partial charge is 0.406 e. The molecule has 0 bridgehead atoms. The van der Waals surface area contributed by atoms with Crippen molar-refractivity contribution >= 4 is 11.8 Å².